The highest BCUT2D eigenvalue weighted by molar-refractivity contribution is 5.77. The lowest BCUT2D eigenvalue weighted by Gasteiger charge is -2.10. The molecule has 0 aliphatic rings. The van der Waals surface area contributed by atoms with Gasteiger partial charge >= 0.3 is 0 Å². The molecular formula is C13H18N2O4. The van der Waals surface area contributed by atoms with Gasteiger partial charge < -0.3 is 10.1 Å². The third-order valence-electron chi connectivity index (χ3n) is 2.44. The predicted octanol–water partition coefficient (Wildman–Crippen LogP) is 2.05. The molecule has 0 spiro atoms. The average Bonchev–Trinajstić information content (AvgIpc) is 2.34. The lowest BCUT2D eigenvalue weighted by atomic mass is 10.2. The molecule has 104 valence electrons. The van der Waals surface area contributed by atoms with Crippen molar-refractivity contribution in [2.24, 2.45) is 5.92 Å². The molecule has 0 fully saturated rings. The van der Waals surface area contributed by atoms with E-state index in [9.17, 15) is 14.9 Å². The standard InChI is InChI=1S/C13H18N2O4/c1-9(2)7-14-13(16)8-19-12-5-4-11(15(17)18)6-10(12)3/h4-6,9H,7-8H2,1-3H3,(H,14,16). The van der Waals surface area contributed by atoms with Crippen molar-refractivity contribution >= 4 is 11.6 Å². The van der Waals surface area contributed by atoms with Crippen molar-refractivity contribution < 1.29 is 14.5 Å². The summed E-state index contributed by atoms with van der Waals surface area (Å²) in [6.07, 6.45) is 0. The van der Waals surface area contributed by atoms with Crippen LogP contribution in [-0.4, -0.2) is 24.0 Å². The van der Waals surface area contributed by atoms with E-state index in [0.717, 1.165) is 0 Å². The number of non-ortho nitro benzene ring substituents is 1. The molecule has 19 heavy (non-hydrogen) atoms. The second kappa shape index (κ2) is 6.72. The number of rotatable bonds is 6. The van der Waals surface area contributed by atoms with E-state index in [0.29, 0.717) is 23.8 Å². The molecule has 0 saturated carbocycles. The van der Waals surface area contributed by atoms with Gasteiger partial charge in [-0.15, -0.1) is 0 Å². The minimum atomic E-state index is -0.466. The molecule has 0 aliphatic heterocycles. The van der Waals surface area contributed by atoms with E-state index < -0.39 is 4.92 Å². The predicted molar refractivity (Wildman–Crippen MR) is 71.2 cm³/mol. The van der Waals surface area contributed by atoms with Crippen molar-refractivity contribution in [1.82, 2.24) is 5.32 Å². The van der Waals surface area contributed by atoms with Gasteiger partial charge in [0.15, 0.2) is 6.61 Å². The smallest absolute Gasteiger partial charge is 0.269 e. The van der Waals surface area contributed by atoms with E-state index in [1.54, 1.807) is 6.92 Å². The number of carbonyl (C=O) groups excluding carboxylic acids is 1. The molecule has 0 atom stereocenters. The molecule has 0 heterocycles. The molecule has 1 amide bonds. The lowest BCUT2D eigenvalue weighted by Crippen LogP contribution is -2.31. The topological polar surface area (TPSA) is 81.5 Å². The molecule has 1 rings (SSSR count). The molecule has 0 aromatic heterocycles. The fraction of sp³-hybridized carbons (Fsp3) is 0.462. The van der Waals surface area contributed by atoms with E-state index >= 15 is 0 Å². The van der Waals surface area contributed by atoms with Crippen molar-refractivity contribution in [3.05, 3.63) is 33.9 Å². The second-order valence-corrected chi connectivity index (χ2v) is 4.69. The van der Waals surface area contributed by atoms with Crippen LogP contribution in [0.5, 0.6) is 5.75 Å². The number of ether oxygens (including phenoxy) is 1. The Morgan fingerprint density at radius 2 is 2.16 bits per heavy atom. The van der Waals surface area contributed by atoms with Gasteiger partial charge in [-0.3, -0.25) is 14.9 Å². The number of nitro groups is 1. The fourth-order valence-electron chi connectivity index (χ4n) is 1.42. The number of amides is 1. The van der Waals surface area contributed by atoms with Gasteiger partial charge in [-0.05, 0) is 24.5 Å². The highest BCUT2D eigenvalue weighted by Crippen LogP contribution is 2.22. The molecule has 1 aromatic rings. The van der Waals surface area contributed by atoms with Gasteiger partial charge in [-0.1, -0.05) is 13.8 Å². The van der Waals surface area contributed by atoms with Crippen molar-refractivity contribution in [3.63, 3.8) is 0 Å². The van der Waals surface area contributed by atoms with Crippen LogP contribution in [0.3, 0.4) is 0 Å². The van der Waals surface area contributed by atoms with E-state index in [-0.39, 0.29) is 18.2 Å². The number of benzene rings is 1. The maximum atomic E-state index is 11.5. The summed E-state index contributed by atoms with van der Waals surface area (Å²) < 4.78 is 5.33. The Labute approximate surface area is 111 Å². The Kier molecular flexibility index (Phi) is 5.29. The summed E-state index contributed by atoms with van der Waals surface area (Å²) in [5.74, 6) is 0.654. The van der Waals surface area contributed by atoms with Gasteiger partial charge in [-0.25, -0.2) is 0 Å². The van der Waals surface area contributed by atoms with Gasteiger partial charge in [0, 0.05) is 18.7 Å². The first-order valence-corrected chi connectivity index (χ1v) is 6.04. The van der Waals surface area contributed by atoms with Crippen LogP contribution in [0.1, 0.15) is 19.4 Å². The van der Waals surface area contributed by atoms with Crippen LogP contribution in [0.4, 0.5) is 5.69 Å². The van der Waals surface area contributed by atoms with Gasteiger partial charge in [0.1, 0.15) is 5.75 Å². The molecule has 6 nitrogen and oxygen atoms in total. The minimum absolute atomic E-state index is 0.00843. The maximum Gasteiger partial charge on any atom is 0.269 e. The minimum Gasteiger partial charge on any atom is -0.484 e. The van der Waals surface area contributed by atoms with E-state index in [2.05, 4.69) is 5.32 Å². The van der Waals surface area contributed by atoms with Gasteiger partial charge in [0.25, 0.3) is 11.6 Å². The van der Waals surface area contributed by atoms with Crippen molar-refractivity contribution in [1.29, 1.82) is 0 Å². The number of hydrogen-bond acceptors (Lipinski definition) is 4. The number of nitrogens with zero attached hydrogens (tertiary/aromatic N) is 1. The number of aryl methyl sites for hydroxylation is 1. The fourth-order valence-corrected chi connectivity index (χ4v) is 1.42. The summed E-state index contributed by atoms with van der Waals surface area (Å²) in [7, 11) is 0. The molecule has 0 radical (unpaired) electrons. The molecular weight excluding hydrogens is 248 g/mol. The summed E-state index contributed by atoms with van der Waals surface area (Å²) in [6, 6.07) is 4.28. The summed E-state index contributed by atoms with van der Waals surface area (Å²) >= 11 is 0. The van der Waals surface area contributed by atoms with Crippen LogP contribution in [-0.2, 0) is 4.79 Å². The van der Waals surface area contributed by atoms with E-state index in [1.807, 2.05) is 13.8 Å². The molecule has 0 unspecified atom stereocenters. The molecule has 0 aliphatic carbocycles. The molecule has 1 N–H and O–H groups in total. The van der Waals surface area contributed by atoms with Crippen LogP contribution < -0.4 is 10.1 Å². The first kappa shape index (κ1) is 14.9. The van der Waals surface area contributed by atoms with Gasteiger partial charge in [-0.2, -0.15) is 0 Å². The summed E-state index contributed by atoms with van der Waals surface area (Å²) in [5, 5.41) is 13.3. The van der Waals surface area contributed by atoms with Crippen molar-refractivity contribution in [2.75, 3.05) is 13.2 Å². The number of carbonyl (C=O) groups is 1. The van der Waals surface area contributed by atoms with Crippen LogP contribution in [0.15, 0.2) is 18.2 Å². The highest BCUT2D eigenvalue weighted by atomic mass is 16.6. The number of nitrogens with one attached hydrogen (secondary N) is 1. The molecule has 0 bridgehead atoms. The Bertz CT molecular complexity index is 472. The zero-order valence-corrected chi connectivity index (χ0v) is 11.3. The van der Waals surface area contributed by atoms with Gasteiger partial charge in [0.05, 0.1) is 4.92 Å². The molecule has 0 saturated heterocycles. The van der Waals surface area contributed by atoms with Crippen LogP contribution in [0.2, 0.25) is 0 Å². The molecule has 1 aromatic carbocycles. The third-order valence-corrected chi connectivity index (χ3v) is 2.44. The Balaban J connectivity index is 2.54. The van der Waals surface area contributed by atoms with Crippen LogP contribution in [0.25, 0.3) is 0 Å². The monoisotopic (exact) mass is 266 g/mol. The first-order chi connectivity index (χ1) is 8.90. The average molecular weight is 266 g/mol. The Hall–Kier alpha value is -2.11. The quantitative estimate of drug-likeness (QED) is 0.631. The summed E-state index contributed by atoms with van der Waals surface area (Å²) in [5.41, 5.74) is 0.639. The van der Waals surface area contributed by atoms with Crippen LogP contribution in [0, 0.1) is 23.0 Å². The zero-order chi connectivity index (χ0) is 14.4. The zero-order valence-electron chi connectivity index (χ0n) is 11.3. The van der Waals surface area contributed by atoms with Crippen LogP contribution >= 0.6 is 0 Å². The normalized spacial score (nSPS) is 10.3. The summed E-state index contributed by atoms with van der Waals surface area (Å²) in [4.78, 5) is 21.6. The maximum absolute atomic E-state index is 11.5. The Morgan fingerprint density at radius 3 is 2.68 bits per heavy atom. The number of hydrogen-bond donors (Lipinski definition) is 1. The van der Waals surface area contributed by atoms with Gasteiger partial charge in [0.2, 0.25) is 0 Å². The van der Waals surface area contributed by atoms with Crippen molar-refractivity contribution in [2.45, 2.75) is 20.8 Å². The highest BCUT2D eigenvalue weighted by Gasteiger charge is 2.10. The number of nitro benzene ring substituents is 1. The third kappa shape index (κ3) is 4.95. The molecule has 6 heteroatoms. The van der Waals surface area contributed by atoms with E-state index in [4.69, 9.17) is 4.74 Å². The van der Waals surface area contributed by atoms with Crippen molar-refractivity contribution in [3.8, 4) is 5.75 Å². The summed E-state index contributed by atoms with van der Waals surface area (Å²) in [6.45, 7) is 6.21. The Morgan fingerprint density at radius 1 is 1.47 bits per heavy atom. The second-order valence-electron chi connectivity index (χ2n) is 4.69. The van der Waals surface area contributed by atoms with E-state index in [1.165, 1.54) is 18.2 Å². The lowest BCUT2D eigenvalue weighted by molar-refractivity contribution is -0.384. The SMILES string of the molecule is Cc1cc([N+](=O)[O-])ccc1OCC(=O)NCC(C)C. The first-order valence-electron chi connectivity index (χ1n) is 6.04. The largest absolute Gasteiger partial charge is 0.484 e.